The number of hydrogen-bond donors (Lipinski definition) is 2. The molecule has 1 aromatic rings. The summed E-state index contributed by atoms with van der Waals surface area (Å²) in [5.74, 6) is 5.21. The smallest absolute Gasteiger partial charge is 0.123 e. The summed E-state index contributed by atoms with van der Waals surface area (Å²) >= 11 is 0. The zero-order valence-electron chi connectivity index (χ0n) is 9.74. The van der Waals surface area contributed by atoms with Crippen molar-refractivity contribution in [1.82, 2.24) is 5.43 Å². The monoisotopic (exact) mass is 226 g/mol. The lowest BCUT2D eigenvalue weighted by Gasteiger charge is -2.17. The van der Waals surface area contributed by atoms with E-state index in [1.807, 2.05) is 13.8 Å². The zero-order valence-corrected chi connectivity index (χ0v) is 9.74. The minimum Gasteiger partial charge on any atom is -0.377 e. The van der Waals surface area contributed by atoms with Crippen LogP contribution < -0.4 is 11.3 Å². The highest BCUT2D eigenvalue weighted by atomic mass is 19.1. The van der Waals surface area contributed by atoms with E-state index in [-0.39, 0.29) is 18.0 Å². The second-order valence-corrected chi connectivity index (χ2v) is 4.08. The number of ether oxygens (including phenoxy) is 1. The van der Waals surface area contributed by atoms with Crippen molar-refractivity contribution < 1.29 is 9.13 Å². The van der Waals surface area contributed by atoms with Gasteiger partial charge in [-0.1, -0.05) is 12.1 Å². The molecule has 3 nitrogen and oxygen atoms in total. The van der Waals surface area contributed by atoms with Gasteiger partial charge in [0, 0.05) is 6.04 Å². The Hall–Kier alpha value is -0.970. The fourth-order valence-corrected chi connectivity index (χ4v) is 1.38. The summed E-state index contributed by atoms with van der Waals surface area (Å²) in [6.45, 7) is 4.50. The average Bonchev–Trinajstić information content (AvgIpc) is 2.26. The number of halogens is 1. The van der Waals surface area contributed by atoms with Crippen LogP contribution in [-0.4, -0.2) is 18.8 Å². The maximum atomic E-state index is 12.7. The highest BCUT2D eigenvalue weighted by Gasteiger charge is 2.08. The Kier molecular flexibility index (Phi) is 5.38. The molecule has 0 saturated heterocycles. The Morgan fingerprint density at radius 2 is 1.94 bits per heavy atom. The van der Waals surface area contributed by atoms with Crippen molar-refractivity contribution >= 4 is 0 Å². The topological polar surface area (TPSA) is 47.3 Å². The standard InChI is InChI=1S/C12H19FN2O/c1-9(2)16-8-12(15-14)7-10-3-5-11(13)6-4-10/h3-6,9,12,15H,7-8,14H2,1-2H3. The molecule has 0 bridgehead atoms. The van der Waals surface area contributed by atoms with E-state index in [4.69, 9.17) is 10.6 Å². The van der Waals surface area contributed by atoms with Gasteiger partial charge >= 0.3 is 0 Å². The van der Waals surface area contributed by atoms with Gasteiger partial charge in [-0.2, -0.15) is 0 Å². The molecule has 0 saturated carbocycles. The van der Waals surface area contributed by atoms with Gasteiger partial charge in [0.05, 0.1) is 12.7 Å². The molecule has 1 rings (SSSR count). The third-order valence-corrected chi connectivity index (χ3v) is 2.26. The van der Waals surface area contributed by atoms with Crippen LogP contribution in [0.25, 0.3) is 0 Å². The molecular weight excluding hydrogens is 207 g/mol. The highest BCUT2D eigenvalue weighted by Crippen LogP contribution is 2.06. The number of hydrazine groups is 1. The molecule has 0 radical (unpaired) electrons. The number of hydrogen-bond acceptors (Lipinski definition) is 3. The van der Waals surface area contributed by atoms with Crippen molar-refractivity contribution in [3.05, 3.63) is 35.6 Å². The maximum Gasteiger partial charge on any atom is 0.123 e. The van der Waals surface area contributed by atoms with Crippen molar-refractivity contribution in [2.75, 3.05) is 6.61 Å². The Bertz CT molecular complexity index is 300. The molecule has 4 heteroatoms. The number of benzene rings is 1. The van der Waals surface area contributed by atoms with Crippen LogP contribution in [0.2, 0.25) is 0 Å². The first-order valence-corrected chi connectivity index (χ1v) is 5.44. The minimum absolute atomic E-state index is 0.0489. The SMILES string of the molecule is CC(C)OCC(Cc1ccc(F)cc1)NN. The Morgan fingerprint density at radius 3 is 2.44 bits per heavy atom. The molecule has 90 valence electrons. The predicted octanol–water partition coefficient (Wildman–Crippen LogP) is 1.63. The molecule has 1 unspecified atom stereocenters. The van der Waals surface area contributed by atoms with E-state index in [1.54, 1.807) is 12.1 Å². The lowest BCUT2D eigenvalue weighted by molar-refractivity contribution is 0.0613. The van der Waals surface area contributed by atoms with Crippen LogP contribution in [0.4, 0.5) is 4.39 Å². The van der Waals surface area contributed by atoms with Crippen LogP contribution in [0.5, 0.6) is 0 Å². The summed E-state index contributed by atoms with van der Waals surface area (Å²) < 4.78 is 18.2. The summed E-state index contributed by atoms with van der Waals surface area (Å²) in [5, 5.41) is 0. The molecule has 0 amide bonds. The second kappa shape index (κ2) is 6.58. The fraction of sp³-hybridized carbons (Fsp3) is 0.500. The van der Waals surface area contributed by atoms with Gasteiger partial charge in [0.1, 0.15) is 5.82 Å². The average molecular weight is 226 g/mol. The summed E-state index contributed by atoms with van der Waals surface area (Å²) in [6.07, 6.45) is 0.910. The van der Waals surface area contributed by atoms with Crippen molar-refractivity contribution in [2.24, 2.45) is 5.84 Å². The quantitative estimate of drug-likeness (QED) is 0.572. The molecule has 0 heterocycles. The molecule has 0 aliphatic carbocycles. The Morgan fingerprint density at radius 1 is 1.31 bits per heavy atom. The first-order valence-electron chi connectivity index (χ1n) is 5.44. The van der Waals surface area contributed by atoms with E-state index < -0.39 is 0 Å². The van der Waals surface area contributed by atoms with Crippen LogP contribution >= 0.6 is 0 Å². The molecule has 3 N–H and O–H groups in total. The molecule has 0 aromatic heterocycles. The lowest BCUT2D eigenvalue weighted by atomic mass is 10.1. The summed E-state index contributed by atoms with van der Waals surface area (Å²) in [6, 6.07) is 6.47. The van der Waals surface area contributed by atoms with Crippen molar-refractivity contribution in [1.29, 1.82) is 0 Å². The van der Waals surface area contributed by atoms with Gasteiger partial charge in [-0.3, -0.25) is 11.3 Å². The normalized spacial score (nSPS) is 13.1. The molecule has 0 spiro atoms. The third kappa shape index (κ3) is 4.70. The molecular formula is C12H19FN2O. The summed E-state index contributed by atoms with van der Waals surface area (Å²) in [7, 11) is 0. The van der Waals surface area contributed by atoms with Crippen molar-refractivity contribution in [2.45, 2.75) is 32.4 Å². The van der Waals surface area contributed by atoms with Crippen molar-refractivity contribution in [3.8, 4) is 0 Å². The van der Waals surface area contributed by atoms with Gasteiger partial charge in [-0.15, -0.1) is 0 Å². The van der Waals surface area contributed by atoms with Crippen molar-refractivity contribution in [3.63, 3.8) is 0 Å². The van der Waals surface area contributed by atoms with Crippen LogP contribution in [-0.2, 0) is 11.2 Å². The third-order valence-electron chi connectivity index (χ3n) is 2.26. The fourth-order valence-electron chi connectivity index (χ4n) is 1.38. The summed E-state index contributed by atoms with van der Waals surface area (Å²) in [5.41, 5.74) is 3.74. The number of rotatable bonds is 6. The van der Waals surface area contributed by atoms with Crippen LogP contribution in [0.1, 0.15) is 19.4 Å². The van der Waals surface area contributed by atoms with Crippen LogP contribution in [0, 0.1) is 5.82 Å². The molecule has 0 aliphatic heterocycles. The maximum absolute atomic E-state index is 12.7. The van der Waals surface area contributed by atoms with E-state index in [1.165, 1.54) is 12.1 Å². The van der Waals surface area contributed by atoms with E-state index in [9.17, 15) is 4.39 Å². The first-order chi connectivity index (χ1) is 7.61. The van der Waals surface area contributed by atoms with Gasteiger partial charge in [0.15, 0.2) is 0 Å². The number of nitrogens with one attached hydrogen (secondary N) is 1. The predicted molar refractivity (Wildman–Crippen MR) is 62.3 cm³/mol. The van der Waals surface area contributed by atoms with E-state index in [2.05, 4.69) is 5.43 Å². The largest absolute Gasteiger partial charge is 0.377 e. The minimum atomic E-state index is -0.223. The van der Waals surface area contributed by atoms with Gasteiger partial charge in [-0.05, 0) is 38.0 Å². The Balaban J connectivity index is 2.46. The first kappa shape index (κ1) is 13.1. The molecule has 16 heavy (non-hydrogen) atoms. The van der Waals surface area contributed by atoms with E-state index in [0.29, 0.717) is 6.61 Å². The molecule has 1 aromatic carbocycles. The number of nitrogens with two attached hydrogens (primary N) is 1. The van der Waals surface area contributed by atoms with E-state index in [0.717, 1.165) is 12.0 Å². The van der Waals surface area contributed by atoms with Crippen LogP contribution in [0.3, 0.4) is 0 Å². The molecule has 1 atom stereocenters. The van der Waals surface area contributed by atoms with Gasteiger partial charge in [0.25, 0.3) is 0 Å². The van der Waals surface area contributed by atoms with Gasteiger partial charge < -0.3 is 4.74 Å². The van der Waals surface area contributed by atoms with Gasteiger partial charge in [0.2, 0.25) is 0 Å². The lowest BCUT2D eigenvalue weighted by Crippen LogP contribution is -2.40. The van der Waals surface area contributed by atoms with Crippen LogP contribution in [0.15, 0.2) is 24.3 Å². The summed E-state index contributed by atoms with van der Waals surface area (Å²) in [4.78, 5) is 0. The molecule has 0 aliphatic rings. The zero-order chi connectivity index (χ0) is 12.0. The van der Waals surface area contributed by atoms with E-state index >= 15 is 0 Å². The van der Waals surface area contributed by atoms with Gasteiger partial charge in [-0.25, -0.2) is 4.39 Å². The molecule has 0 fully saturated rings. The highest BCUT2D eigenvalue weighted by molar-refractivity contribution is 5.17. The Labute approximate surface area is 95.8 Å². The second-order valence-electron chi connectivity index (χ2n) is 4.08.